The maximum absolute atomic E-state index is 12.9. The van der Waals surface area contributed by atoms with Crippen LogP contribution in [-0.4, -0.2) is 45.3 Å². The number of rotatable bonds is 15. The number of hydrogen-bond acceptors (Lipinski definition) is 7. The minimum absolute atomic E-state index is 0.0434. The summed E-state index contributed by atoms with van der Waals surface area (Å²) in [4.78, 5) is 37.4. The van der Waals surface area contributed by atoms with E-state index in [9.17, 15) is 22.8 Å². The summed E-state index contributed by atoms with van der Waals surface area (Å²) in [5, 5.41) is 5.01. The molecule has 1 unspecified atom stereocenters. The molecule has 0 radical (unpaired) electrons. The number of ether oxygens (including phenoxy) is 2. The van der Waals surface area contributed by atoms with Crippen molar-refractivity contribution in [3.05, 3.63) is 96.1 Å². The van der Waals surface area contributed by atoms with Crippen LogP contribution < -0.4 is 20.1 Å². The van der Waals surface area contributed by atoms with Crippen molar-refractivity contribution < 1.29 is 32.3 Å². The highest BCUT2D eigenvalue weighted by Crippen LogP contribution is 2.24. The fraction of sp³-hybridized carbons (Fsp3) is 0.300. The first-order valence-corrected chi connectivity index (χ1v) is 14.6. The number of para-hydroxylation sites is 1. The lowest BCUT2D eigenvalue weighted by Crippen LogP contribution is -2.49. The molecule has 3 aromatic carbocycles. The van der Waals surface area contributed by atoms with E-state index in [4.69, 9.17) is 9.47 Å². The highest BCUT2D eigenvalue weighted by molar-refractivity contribution is 7.89. The fourth-order valence-electron chi connectivity index (χ4n) is 3.76. The average molecular weight is 582 g/mol. The number of benzene rings is 3. The van der Waals surface area contributed by atoms with Crippen LogP contribution in [0.4, 0.5) is 4.79 Å². The molecular formula is C30H35N3O7S. The van der Waals surface area contributed by atoms with Crippen molar-refractivity contribution in [2.75, 3.05) is 13.1 Å². The van der Waals surface area contributed by atoms with E-state index in [1.54, 1.807) is 12.1 Å². The van der Waals surface area contributed by atoms with Crippen molar-refractivity contribution >= 4 is 27.8 Å². The normalized spacial score (nSPS) is 11.9. The van der Waals surface area contributed by atoms with E-state index in [0.29, 0.717) is 6.42 Å². The molecule has 0 bridgehead atoms. The van der Waals surface area contributed by atoms with Gasteiger partial charge in [-0.2, -0.15) is 0 Å². The molecule has 3 N–H and O–H groups in total. The molecule has 0 spiro atoms. The number of carbonyl (C=O) groups excluding carboxylic acids is 3. The van der Waals surface area contributed by atoms with Crippen LogP contribution in [0.1, 0.15) is 31.4 Å². The van der Waals surface area contributed by atoms with Gasteiger partial charge in [-0.05, 0) is 35.6 Å². The smallest absolute Gasteiger partial charge is 0.408 e. The number of Topliss-reactive ketones (excluding diaryl/α,β-unsaturated/α-hetero) is 1. The Labute approximate surface area is 240 Å². The Morgan fingerprint density at radius 3 is 2.00 bits per heavy atom. The third-order valence-corrected chi connectivity index (χ3v) is 7.26. The molecular weight excluding hydrogens is 546 g/mol. The second kappa shape index (κ2) is 15.5. The molecule has 0 aliphatic carbocycles. The first-order chi connectivity index (χ1) is 19.6. The molecule has 0 saturated carbocycles. The van der Waals surface area contributed by atoms with Gasteiger partial charge in [0.1, 0.15) is 29.9 Å². The van der Waals surface area contributed by atoms with Crippen LogP contribution in [0.5, 0.6) is 5.75 Å². The van der Waals surface area contributed by atoms with Crippen LogP contribution in [0.25, 0.3) is 0 Å². The average Bonchev–Trinajstić information content (AvgIpc) is 2.97. The van der Waals surface area contributed by atoms with Gasteiger partial charge >= 0.3 is 6.09 Å². The van der Waals surface area contributed by atoms with Crippen LogP contribution in [0.15, 0.2) is 89.8 Å². The van der Waals surface area contributed by atoms with Gasteiger partial charge in [0.2, 0.25) is 15.9 Å². The Morgan fingerprint density at radius 1 is 0.780 bits per heavy atom. The predicted molar refractivity (Wildman–Crippen MR) is 153 cm³/mol. The lowest BCUT2D eigenvalue weighted by atomic mass is 10.0. The SMILES string of the molecule is CC(C)CC(NC(=O)OCc1ccccc1)C(=O)NCC(=O)CNS(=O)(=O)c1ccccc1OCc1ccccc1. The van der Waals surface area contributed by atoms with Crippen LogP contribution in [0, 0.1) is 5.92 Å². The molecule has 3 aromatic rings. The summed E-state index contributed by atoms with van der Waals surface area (Å²) < 4.78 is 39.0. The van der Waals surface area contributed by atoms with Gasteiger partial charge in [0.25, 0.3) is 0 Å². The van der Waals surface area contributed by atoms with Crippen LogP contribution in [-0.2, 0) is 37.6 Å². The van der Waals surface area contributed by atoms with Crippen molar-refractivity contribution in [2.24, 2.45) is 5.92 Å². The van der Waals surface area contributed by atoms with Crippen molar-refractivity contribution in [1.29, 1.82) is 0 Å². The molecule has 0 saturated heterocycles. The number of alkyl carbamates (subject to hydrolysis) is 1. The molecule has 1 atom stereocenters. The number of ketones is 1. The zero-order valence-electron chi connectivity index (χ0n) is 23.0. The molecule has 41 heavy (non-hydrogen) atoms. The minimum atomic E-state index is -4.09. The van der Waals surface area contributed by atoms with Gasteiger partial charge in [0.15, 0.2) is 5.78 Å². The Balaban J connectivity index is 1.50. The Kier molecular flexibility index (Phi) is 11.9. The molecule has 0 aliphatic rings. The Morgan fingerprint density at radius 2 is 1.37 bits per heavy atom. The standard InChI is InChI=1S/C30H35N3O7S/c1-22(2)17-26(33-30(36)40-21-24-13-7-4-8-14-24)29(35)31-18-25(34)19-32-41(37,38)28-16-10-9-15-27(28)39-20-23-11-5-3-6-12-23/h3-16,22,26,32H,17-21H2,1-2H3,(H,31,35)(H,33,36). The van der Waals surface area contributed by atoms with E-state index in [0.717, 1.165) is 11.1 Å². The Bertz CT molecular complexity index is 1400. The number of sulfonamides is 1. The lowest BCUT2D eigenvalue weighted by Gasteiger charge is -2.20. The highest BCUT2D eigenvalue weighted by Gasteiger charge is 2.24. The lowest BCUT2D eigenvalue weighted by molar-refractivity contribution is -0.126. The van der Waals surface area contributed by atoms with Gasteiger partial charge in [0, 0.05) is 0 Å². The zero-order valence-corrected chi connectivity index (χ0v) is 23.9. The molecule has 0 aliphatic heterocycles. The summed E-state index contributed by atoms with van der Waals surface area (Å²) in [6.45, 7) is 3.02. The minimum Gasteiger partial charge on any atom is -0.487 e. The first kappa shape index (κ1) is 31.3. The maximum atomic E-state index is 12.9. The molecule has 218 valence electrons. The summed E-state index contributed by atoms with van der Waals surface area (Å²) >= 11 is 0. The number of carbonyl (C=O) groups is 3. The van der Waals surface area contributed by atoms with E-state index in [2.05, 4.69) is 15.4 Å². The van der Waals surface area contributed by atoms with Gasteiger partial charge in [-0.1, -0.05) is 86.6 Å². The summed E-state index contributed by atoms with van der Waals surface area (Å²) in [6.07, 6.45) is -0.450. The van der Waals surface area contributed by atoms with E-state index in [1.165, 1.54) is 12.1 Å². The summed E-state index contributed by atoms with van der Waals surface area (Å²) in [7, 11) is -4.09. The second-order valence-corrected chi connectivity index (χ2v) is 11.4. The topological polar surface area (TPSA) is 140 Å². The van der Waals surface area contributed by atoms with E-state index in [1.807, 2.05) is 74.5 Å². The van der Waals surface area contributed by atoms with Gasteiger partial charge in [0.05, 0.1) is 13.1 Å². The van der Waals surface area contributed by atoms with Gasteiger partial charge in [-0.25, -0.2) is 17.9 Å². The van der Waals surface area contributed by atoms with Crippen LogP contribution in [0.3, 0.4) is 0 Å². The van der Waals surface area contributed by atoms with E-state index < -0.39 is 46.9 Å². The molecule has 0 fully saturated rings. The van der Waals surface area contributed by atoms with Crippen LogP contribution in [0.2, 0.25) is 0 Å². The van der Waals surface area contributed by atoms with E-state index in [-0.39, 0.29) is 29.8 Å². The fourth-order valence-corrected chi connectivity index (χ4v) is 4.92. The molecule has 11 heteroatoms. The third-order valence-electron chi connectivity index (χ3n) is 5.82. The van der Waals surface area contributed by atoms with Crippen LogP contribution >= 0.6 is 0 Å². The first-order valence-electron chi connectivity index (χ1n) is 13.2. The number of amides is 2. The third kappa shape index (κ3) is 10.7. The summed E-state index contributed by atoms with van der Waals surface area (Å²) in [6, 6.07) is 23.6. The number of hydrogen-bond donors (Lipinski definition) is 3. The van der Waals surface area contributed by atoms with Gasteiger partial charge < -0.3 is 20.1 Å². The Hall–Kier alpha value is -4.22. The summed E-state index contributed by atoms with van der Waals surface area (Å²) in [5.74, 6) is -0.941. The van der Waals surface area contributed by atoms with Gasteiger partial charge in [-0.15, -0.1) is 0 Å². The predicted octanol–water partition coefficient (Wildman–Crippen LogP) is 3.57. The monoisotopic (exact) mass is 581 g/mol. The molecule has 0 aromatic heterocycles. The van der Waals surface area contributed by atoms with E-state index >= 15 is 0 Å². The van der Waals surface area contributed by atoms with Crippen molar-refractivity contribution in [3.63, 3.8) is 0 Å². The molecule has 3 rings (SSSR count). The number of nitrogens with one attached hydrogen (secondary N) is 3. The molecule has 2 amide bonds. The molecule has 10 nitrogen and oxygen atoms in total. The quantitative estimate of drug-likeness (QED) is 0.249. The van der Waals surface area contributed by atoms with Crippen molar-refractivity contribution in [2.45, 2.75) is 44.4 Å². The summed E-state index contributed by atoms with van der Waals surface area (Å²) in [5.41, 5.74) is 1.67. The molecule has 0 heterocycles. The largest absolute Gasteiger partial charge is 0.487 e. The van der Waals surface area contributed by atoms with Gasteiger partial charge in [-0.3, -0.25) is 9.59 Å². The zero-order chi connectivity index (χ0) is 29.7. The highest BCUT2D eigenvalue weighted by atomic mass is 32.2. The van der Waals surface area contributed by atoms with Crippen molar-refractivity contribution in [1.82, 2.24) is 15.4 Å². The maximum Gasteiger partial charge on any atom is 0.408 e. The second-order valence-electron chi connectivity index (χ2n) is 9.69. The van der Waals surface area contributed by atoms with Crippen molar-refractivity contribution in [3.8, 4) is 5.75 Å².